The normalized spacial score (nSPS) is 27.2. The number of hydrogen-bond donors (Lipinski definition) is 0. The van der Waals surface area contributed by atoms with E-state index in [9.17, 15) is 4.79 Å². The van der Waals surface area contributed by atoms with Crippen LogP contribution in [0.25, 0.3) is 0 Å². The highest BCUT2D eigenvalue weighted by atomic mass is 79.9. The molecule has 0 saturated carbocycles. The van der Waals surface area contributed by atoms with Gasteiger partial charge in [-0.3, -0.25) is 0 Å². The molecule has 17 heavy (non-hydrogen) atoms. The first-order chi connectivity index (χ1) is 8.20. The molecule has 0 aromatic heterocycles. The summed E-state index contributed by atoms with van der Waals surface area (Å²) in [5.74, 6) is 0.621. The van der Waals surface area contributed by atoms with Gasteiger partial charge < -0.3 is 9.47 Å². The Kier molecular flexibility index (Phi) is 2.62. The zero-order valence-corrected chi connectivity index (χ0v) is 11.0. The van der Waals surface area contributed by atoms with Gasteiger partial charge in [0.15, 0.2) is 0 Å². The third-order valence-electron chi connectivity index (χ3n) is 3.46. The lowest BCUT2D eigenvalue weighted by Gasteiger charge is -2.39. The largest absolute Gasteiger partial charge is 0.475 e. The topological polar surface area (TPSA) is 35.5 Å². The van der Waals surface area contributed by atoms with Crippen molar-refractivity contribution < 1.29 is 14.3 Å². The molecular weight excluding hydrogens is 284 g/mol. The van der Waals surface area contributed by atoms with Gasteiger partial charge in [-0.05, 0) is 36.6 Å². The summed E-state index contributed by atoms with van der Waals surface area (Å²) in [4.78, 5) is 11.9. The van der Waals surface area contributed by atoms with Crippen molar-refractivity contribution in [3.63, 3.8) is 0 Å². The van der Waals surface area contributed by atoms with Gasteiger partial charge in [-0.25, -0.2) is 4.79 Å². The molecule has 0 amide bonds. The molecule has 0 aliphatic carbocycles. The molecule has 1 aromatic carbocycles. The van der Waals surface area contributed by atoms with Crippen LogP contribution in [0, 0.1) is 0 Å². The highest BCUT2D eigenvalue weighted by molar-refractivity contribution is 9.10. The maximum Gasteiger partial charge on any atom is 0.350 e. The fourth-order valence-corrected chi connectivity index (χ4v) is 2.93. The Morgan fingerprint density at radius 2 is 2.18 bits per heavy atom. The lowest BCUT2D eigenvalue weighted by atomic mass is 9.86. The summed E-state index contributed by atoms with van der Waals surface area (Å²) in [6.45, 7) is 0.525. The minimum absolute atomic E-state index is 0.197. The summed E-state index contributed by atoms with van der Waals surface area (Å²) < 4.78 is 12.1. The number of cyclic esters (lactones) is 1. The molecule has 1 unspecified atom stereocenters. The van der Waals surface area contributed by atoms with E-state index in [0.717, 1.165) is 41.5 Å². The highest BCUT2D eigenvalue weighted by Crippen LogP contribution is 2.39. The lowest BCUT2D eigenvalue weighted by molar-refractivity contribution is -0.171. The summed E-state index contributed by atoms with van der Waals surface area (Å²) in [5, 5.41) is 0. The van der Waals surface area contributed by atoms with Crippen LogP contribution in [0.1, 0.15) is 24.8 Å². The van der Waals surface area contributed by atoms with Crippen molar-refractivity contribution in [2.75, 3.05) is 6.61 Å². The first-order valence-electron chi connectivity index (χ1n) is 5.84. The van der Waals surface area contributed by atoms with E-state index < -0.39 is 5.60 Å². The summed E-state index contributed by atoms with van der Waals surface area (Å²) in [6.07, 6.45) is 3.23. The molecule has 1 saturated heterocycles. The van der Waals surface area contributed by atoms with Crippen molar-refractivity contribution in [1.82, 2.24) is 0 Å². The van der Waals surface area contributed by atoms with E-state index in [2.05, 4.69) is 22.0 Å². The van der Waals surface area contributed by atoms with Crippen LogP contribution in [0.4, 0.5) is 0 Å². The molecule has 2 aliphatic rings. The molecule has 1 spiro atoms. The minimum atomic E-state index is -0.723. The van der Waals surface area contributed by atoms with E-state index in [0.29, 0.717) is 6.61 Å². The SMILES string of the molecule is O=C1OCCCC12CCc1cc(Br)ccc1O2. The van der Waals surface area contributed by atoms with Gasteiger partial charge >= 0.3 is 5.97 Å². The Morgan fingerprint density at radius 3 is 3.00 bits per heavy atom. The van der Waals surface area contributed by atoms with Gasteiger partial charge in [-0.15, -0.1) is 0 Å². The van der Waals surface area contributed by atoms with E-state index in [-0.39, 0.29) is 5.97 Å². The lowest BCUT2D eigenvalue weighted by Crippen LogP contribution is -2.50. The summed E-state index contributed by atoms with van der Waals surface area (Å²) >= 11 is 3.44. The quantitative estimate of drug-likeness (QED) is 0.691. The number of hydrogen-bond acceptors (Lipinski definition) is 3. The second-order valence-electron chi connectivity index (χ2n) is 4.59. The van der Waals surface area contributed by atoms with Crippen LogP contribution < -0.4 is 4.74 Å². The first kappa shape index (κ1) is 11.1. The Hall–Kier alpha value is -1.03. The molecule has 2 heterocycles. The van der Waals surface area contributed by atoms with E-state index in [1.54, 1.807) is 0 Å². The fourth-order valence-electron chi connectivity index (χ4n) is 2.52. The number of carbonyl (C=O) groups is 1. The average molecular weight is 297 g/mol. The summed E-state index contributed by atoms with van der Waals surface area (Å²) in [5.41, 5.74) is 0.433. The van der Waals surface area contributed by atoms with E-state index in [1.807, 2.05) is 12.1 Å². The Balaban J connectivity index is 1.94. The van der Waals surface area contributed by atoms with E-state index in [4.69, 9.17) is 9.47 Å². The van der Waals surface area contributed by atoms with Gasteiger partial charge in [0.1, 0.15) is 5.75 Å². The second kappa shape index (κ2) is 4.02. The second-order valence-corrected chi connectivity index (χ2v) is 5.50. The smallest absolute Gasteiger partial charge is 0.350 e. The van der Waals surface area contributed by atoms with Crippen molar-refractivity contribution in [2.45, 2.75) is 31.3 Å². The molecule has 4 heteroatoms. The molecule has 0 N–H and O–H groups in total. The Morgan fingerprint density at radius 1 is 1.29 bits per heavy atom. The summed E-state index contributed by atoms with van der Waals surface area (Å²) in [6, 6.07) is 5.91. The van der Waals surface area contributed by atoms with Crippen LogP contribution in [-0.2, 0) is 16.0 Å². The van der Waals surface area contributed by atoms with Crippen molar-refractivity contribution in [3.05, 3.63) is 28.2 Å². The molecule has 3 rings (SSSR count). The number of fused-ring (bicyclic) bond motifs is 1. The maximum atomic E-state index is 11.9. The number of aryl methyl sites for hydroxylation is 1. The van der Waals surface area contributed by atoms with Crippen molar-refractivity contribution in [1.29, 1.82) is 0 Å². The molecule has 2 aliphatic heterocycles. The van der Waals surface area contributed by atoms with Crippen LogP contribution in [0.2, 0.25) is 0 Å². The summed E-state index contributed by atoms with van der Waals surface area (Å²) in [7, 11) is 0. The van der Waals surface area contributed by atoms with Crippen molar-refractivity contribution >= 4 is 21.9 Å². The van der Waals surface area contributed by atoms with Crippen LogP contribution in [0.5, 0.6) is 5.75 Å². The number of benzene rings is 1. The molecule has 1 fully saturated rings. The first-order valence-corrected chi connectivity index (χ1v) is 6.64. The van der Waals surface area contributed by atoms with E-state index in [1.165, 1.54) is 0 Å². The number of halogens is 1. The third kappa shape index (κ3) is 1.84. The van der Waals surface area contributed by atoms with Crippen LogP contribution >= 0.6 is 15.9 Å². The average Bonchev–Trinajstić information content (AvgIpc) is 2.34. The van der Waals surface area contributed by atoms with Gasteiger partial charge in [0.2, 0.25) is 5.60 Å². The number of esters is 1. The van der Waals surface area contributed by atoms with Gasteiger partial charge in [-0.2, -0.15) is 0 Å². The molecule has 3 nitrogen and oxygen atoms in total. The number of rotatable bonds is 0. The third-order valence-corrected chi connectivity index (χ3v) is 3.95. The molecular formula is C13H13BrO3. The Labute approximate surface area is 108 Å². The predicted molar refractivity (Wildman–Crippen MR) is 66.0 cm³/mol. The maximum absolute atomic E-state index is 11.9. The minimum Gasteiger partial charge on any atom is -0.475 e. The standard InChI is InChI=1S/C13H13BrO3/c14-10-2-3-11-9(8-10)4-6-13(17-11)5-1-7-16-12(13)15/h2-3,8H,1,4-7H2. The zero-order valence-electron chi connectivity index (χ0n) is 9.37. The van der Waals surface area contributed by atoms with Gasteiger partial charge in [-0.1, -0.05) is 15.9 Å². The molecule has 90 valence electrons. The van der Waals surface area contributed by atoms with Crippen LogP contribution in [-0.4, -0.2) is 18.2 Å². The number of ether oxygens (including phenoxy) is 2. The fraction of sp³-hybridized carbons (Fsp3) is 0.462. The van der Waals surface area contributed by atoms with Crippen LogP contribution in [0.15, 0.2) is 22.7 Å². The monoisotopic (exact) mass is 296 g/mol. The molecule has 1 atom stereocenters. The highest BCUT2D eigenvalue weighted by Gasteiger charge is 2.46. The molecule has 0 radical (unpaired) electrons. The van der Waals surface area contributed by atoms with Gasteiger partial charge in [0.25, 0.3) is 0 Å². The van der Waals surface area contributed by atoms with Gasteiger partial charge in [0, 0.05) is 17.3 Å². The van der Waals surface area contributed by atoms with E-state index >= 15 is 0 Å². The van der Waals surface area contributed by atoms with Crippen molar-refractivity contribution in [3.8, 4) is 5.75 Å². The Bertz CT molecular complexity index is 472. The van der Waals surface area contributed by atoms with Gasteiger partial charge in [0.05, 0.1) is 6.61 Å². The van der Waals surface area contributed by atoms with Crippen LogP contribution in [0.3, 0.4) is 0 Å². The van der Waals surface area contributed by atoms with Crippen molar-refractivity contribution in [2.24, 2.45) is 0 Å². The predicted octanol–water partition coefficient (Wildman–Crippen LogP) is 2.85. The molecule has 0 bridgehead atoms. The zero-order chi connectivity index (χ0) is 11.9. The molecule has 1 aromatic rings. The number of carbonyl (C=O) groups excluding carboxylic acids is 1.